The van der Waals surface area contributed by atoms with Crippen molar-refractivity contribution in [1.29, 1.82) is 0 Å². The number of hydrogen-bond donors (Lipinski definition) is 0. The highest BCUT2D eigenvalue weighted by Gasteiger charge is 2.39. The molecule has 6 heteroatoms. The minimum Gasteiger partial charge on any atom is -0.491 e. The molecule has 62 heavy (non-hydrogen) atoms. The maximum absolute atomic E-state index is 6.97. The van der Waals surface area contributed by atoms with Gasteiger partial charge in [-0.2, -0.15) is 0 Å². The Morgan fingerprint density at radius 2 is 0.645 bits per heavy atom. The highest BCUT2D eigenvalue weighted by atomic mass is 16.5. The van der Waals surface area contributed by atoms with E-state index < -0.39 is 10.8 Å². The van der Waals surface area contributed by atoms with Crippen LogP contribution in [0.15, 0.2) is 121 Å². The third kappa shape index (κ3) is 8.49. The standard InChI is InChI=1S/C56H62O6/c1-9-37(5)59-47-23-15-43(16-24-47)55(44-17-25-48(26-18-44)60-38(6)10-2)33-41-13-31-52-51(53(41)57-35-55)32-14-42-34-56(36-58-54(42)52,45-19-27-49(28-20-45)61-39(7)11-3)46-21-29-50(30-22-46)62-40(8)12-4/h13-34,37-40H,9-12,35-36H2,1-8H3. The van der Waals surface area contributed by atoms with E-state index in [0.717, 1.165) is 104 Å². The van der Waals surface area contributed by atoms with E-state index >= 15 is 0 Å². The van der Waals surface area contributed by atoms with Gasteiger partial charge in [0, 0.05) is 21.2 Å². The number of rotatable bonds is 16. The Bertz CT molecular complexity index is 2280. The van der Waals surface area contributed by atoms with E-state index in [1.165, 1.54) is 0 Å². The summed E-state index contributed by atoms with van der Waals surface area (Å²) < 4.78 is 38.7. The first kappa shape index (κ1) is 42.8. The number of hydrogen-bond acceptors (Lipinski definition) is 6. The van der Waals surface area contributed by atoms with Crippen molar-refractivity contribution in [3.05, 3.63) is 154 Å². The largest absolute Gasteiger partial charge is 0.491 e. The molecule has 6 aromatic carbocycles. The van der Waals surface area contributed by atoms with Gasteiger partial charge in [-0.25, -0.2) is 0 Å². The number of benzene rings is 6. The summed E-state index contributed by atoms with van der Waals surface area (Å²) in [5.74, 6) is 5.19. The van der Waals surface area contributed by atoms with Crippen LogP contribution >= 0.6 is 0 Å². The highest BCUT2D eigenvalue weighted by Crippen LogP contribution is 2.43. The Morgan fingerprint density at radius 3 is 0.887 bits per heavy atom. The van der Waals surface area contributed by atoms with E-state index in [2.05, 4.69) is 189 Å². The molecule has 0 radical (unpaired) electrons. The third-order valence-electron chi connectivity index (χ3n) is 13.0. The fourth-order valence-electron chi connectivity index (χ4n) is 8.51. The molecule has 0 saturated heterocycles. The molecule has 4 unspecified atom stereocenters. The lowest BCUT2D eigenvalue weighted by molar-refractivity contribution is 0.216. The summed E-state index contributed by atoms with van der Waals surface area (Å²) in [6, 6.07) is 42.8. The van der Waals surface area contributed by atoms with Gasteiger partial charge in [0.1, 0.15) is 47.7 Å². The molecule has 2 aliphatic heterocycles. The van der Waals surface area contributed by atoms with Crippen LogP contribution in [0.25, 0.3) is 22.9 Å². The van der Waals surface area contributed by atoms with Crippen molar-refractivity contribution in [2.75, 3.05) is 13.2 Å². The van der Waals surface area contributed by atoms with E-state index in [4.69, 9.17) is 28.4 Å². The van der Waals surface area contributed by atoms with Crippen LogP contribution in [0, 0.1) is 0 Å². The van der Waals surface area contributed by atoms with Gasteiger partial charge in [-0.1, -0.05) is 101 Å². The van der Waals surface area contributed by atoms with Gasteiger partial charge >= 0.3 is 0 Å². The van der Waals surface area contributed by atoms with Crippen LogP contribution in [0.4, 0.5) is 0 Å². The maximum atomic E-state index is 6.97. The van der Waals surface area contributed by atoms with Crippen molar-refractivity contribution in [2.45, 2.75) is 116 Å². The molecular formula is C56H62O6. The van der Waals surface area contributed by atoms with Crippen LogP contribution in [-0.2, 0) is 10.8 Å². The Morgan fingerprint density at radius 1 is 0.387 bits per heavy atom. The lowest BCUT2D eigenvalue weighted by atomic mass is 9.73. The van der Waals surface area contributed by atoms with Crippen molar-refractivity contribution in [1.82, 2.24) is 0 Å². The van der Waals surface area contributed by atoms with E-state index in [0.29, 0.717) is 13.2 Å². The number of ether oxygens (including phenoxy) is 6. The predicted molar refractivity (Wildman–Crippen MR) is 252 cm³/mol. The molecule has 4 atom stereocenters. The first-order valence-electron chi connectivity index (χ1n) is 22.7. The first-order chi connectivity index (χ1) is 30.1. The second-order valence-electron chi connectivity index (χ2n) is 17.3. The van der Waals surface area contributed by atoms with Gasteiger partial charge in [0.15, 0.2) is 0 Å². The Kier molecular flexibility index (Phi) is 12.6. The zero-order valence-corrected chi connectivity index (χ0v) is 37.7. The highest BCUT2D eigenvalue weighted by molar-refractivity contribution is 5.95. The SMILES string of the molecule is CCC(C)Oc1ccc(C2(c3ccc(OC(C)CC)cc3)C=c3ccc4c5c(ccc4c3OC2)=CC(c2ccc(OC(C)CC)cc2)(c2ccc(OC(C)CC)cc2)CO5)cc1. The Labute approximate surface area is 368 Å². The van der Waals surface area contributed by atoms with Crippen LogP contribution in [0.2, 0.25) is 0 Å². The zero-order valence-electron chi connectivity index (χ0n) is 37.7. The molecule has 0 aliphatic carbocycles. The van der Waals surface area contributed by atoms with E-state index in [1.807, 2.05) is 0 Å². The summed E-state index contributed by atoms with van der Waals surface area (Å²) in [5, 5.41) is 4.13. The fraction of sp³-hybridized carbons (Fsp3) is 0.357. The van der Waals surface area contributed by atoms with E-state index in [1.54, 1.807) is 0 Å². The van der Waals surface area contributed by atoms with Crippen LogP contribution in [0.3, 0.4) is 0 Å². The molecule has 0 amide bonds. The average Bonchev–Trinajstić information content (AvgIpc) is 3.31. The molecule has 0 spiro atoms. The summed E-state index contributed by atoms with van der Waals surface area (Å²) in [7, 11) is 0. The minimum absolute atomic E-state index is 0.142. The van der Waals surface area contributed by atoms with Crippen LogP contribution in [-0.4, -0.2) is 37.6 Å². The van der Waals surface area contributed by atoms with Gasteiger partial charge in [-0.15, -0.1) is 0 Å². The molecule has 6 nitrogen and oxygen atoms in total. The van der Waals surface area contributed by atoms with E-state index in [9.17, 15) is 0 Å². The minimum atomic E-state index is -0.549. The summed E-state index contributed by atoms with van der Waals surface area (Å²) in [6.45, 7) is 17.8. The van der Waals surface area contributed by atoms with E-state index in [-0.39, 0.29) is 24.4 Å². The monoisotopic (exact) mass is 830 g/mol. The van der Waals surface area contributed by atoms with Crippen molar-refractivity contribution in [3.63, 3.8) is 0 Å². The van der Waals surface area contributed by atoms with Gasteiger partial charge in [-0.3, -0.25) is 0 Å². The third-order valence-corrected chi connectivity index (χ3v) is 13.0. The van der Waals surface area contributed by atoms with Gasteiger partial charge in [0.25, 0.3) is 0 Å². The first-order valence-corrected chi connectivity index (χ1v) is 22.7. The molecule has 2 heterocycles. The second kappa shape index (κ2) is 18.2. The van der Waals surface area contributed by atoms with Crippen molar-refractivity contribution in [2.24, 2.45) is 0 Å². The van der Waals surface area contributed by atoms with Crippen molar-refractivity contribution in [3.8, 4) is 34.5 Å². The molecule has 6 aromatic rings. The topological polar surface area (TPSA) is 55.4 Å². The van der Waals surface area contributed by atoms with Gasteiger partial charge < -0.3 is 28.4 Å². The Hall–Kier alpha value is -5.88. The quantitative estimate of drug-likeness (QED) is 0.0968. The normalized spacial score (nSPS) is 19.8. The zero-order chi connectivity index (χ0) is 43.4. The van der Waals surface area contributed by atoms with Crippen molar-refractivity contribution < 1.29 is 28.4 Å². The molecule has 0 aromatic heterocycles. The molecular weight excluding hydrogens is 769 g/mol. The molecule has 2 aliphatic rings. The summed E-state index contributed by atoms with van der Waals surface area (Å²) >= 11 is 0. The molecule has 322 valence electrons. The van der Waals surface area contributed by atoms with Gasteiger partial charge in [-0.05, 0) is 136 Å². The molecule has 0 fully saturated rings. The molecule has 0 bridgehead atoms. The molecule has 0 saturated carbocycles. The van der Waals surface area contributed by atoms with Gasteiger partial charge in [0.2, 0.25) is 0 Å². The van der Waals surface area contributed by atoms with Gasteiger partial charge in [0.05, 0.1) is 35.2 Å². The second-order valence-corrected chi connectivity index (χ2v) is 17.3. The van der Waals surface area contributed by atoms with Crippen LogP contribution < -0.4 is 38.9 Å². The lowest BCUT2D eigenvalue weighted by Crippen LogP contribution is -2.39. The Balaban J connectivity index is 1.22. The number of fused-ring (bicyclic) bond motifs is 5. The maximum Gasteiger partial charge on any atom is 0.134 e. The predicted octanol–water partition coefficient (Wildman–Crippen LogP) is 11.9. The summed E-state index contributed by atoms with van der Waals surface area (Å²) in [4.78, 5) is 0. The van der Waals surface area contributed by atoms with Crippen LogP contribution in [0.1, 0.15) is 103 Å². The molecule has 8 rings (SSSR count). The smallest absolute Gasteiger partial charge is 0.134 e. The van der Waals surface area contributed by atoms with Crippen molar-refractivity contribution >= 4 is 22.9 Å². The summed E-state index contributed by atoms with van der Waals surface area (Å²) in [6.07, 6.45) is 9.10. The molecule has 0 N–H and O–H groups in total. The average molecular weight is 831 g/mol. The van der Waals surface area contributed by atoms with Crippen LogP contribution in [0.5, 0.6) is 34.5 Å². The fourth-order valence-corrected chi connectivity index (χ4v) is 8.51. The lowest BCUT2D eigenvalue weighted by Gasteiger charge is -2.37. The summed E-state index contributed by atoms with van der Waals surface area (Å²) in [5.41, 5.74) is 3.44.